The average Bonchev–Trinajstić information content (AvgIpc) is 2.76. The number of aromatic nitrogens is 1. The van der Waals surface area contributed by atoms with Crippen LogP contribution in [0.25, 0.3) is 0 Å². The second-order valence-electron chi connectivity index (χ2n) is 4.20. The van der Waals surface area contributed by atoms with Crippen LogP contribution in [0, 0.1) is 6.92 Å². The first-order valence-electron chi connectivity index (χ1n) is 6.08. The Morgan fingerprint density at radius 1 is 1.33 bits per heavy atom. The molecule has 0 spiro atoms. The molecule has 0 amide bonds. The van der Waals surface area contributed by atoms with E-state index in [4.69, 9.17) is 5.73 Å². The highest BCUT2D eigenvalue weighted by Gasteiger charge is 2.09. The summed E-state index contributed by atoms with van der Waals surface area (Å²) in [6.45, 7) is 4.18. The molecular formula is C14H18N2S2. The predicted molar refractivity (Wildman–Crippen MR) is 80.3 cm³/mol. The topological polar surface area (TPSA) is 38.9 Å². The second kappa shape index (κ2) is 6.36. The minimum absolute atomic E-state index is 0.0382. The molecule has 2 rings (SSSR count). The van der Waals surface area contributed by atoms with Crippen molar-refractivity contribution < 1.29 is 0 Å². The molecule has 1 unspecified atom stereocenters. The summed E-state index contributed by atoms with van der Waals surface area (Å²) in [5.41, 5.74) is 8.48. The standard InChI is InChI=1S/C14H18N2S2/c1-3-17-12-6-4-11(5-7-12)13(15)8-14-16-10(2)9-18-14/h4-7,9,13H,3,8,15H2,1-2H3. The molecule has 0 saturated carbocycles. The van der Waals surface area contributed by atoms with Gasteiger partial charge in [-0.15, -0.1) is 23.1 Å². The SMILES string of the molecule is CCSc1ccc(C(N)Cc2nc(C)cs2)cc1. The summed E-state index contributed by atoms with van der Waals surface area (Å²) >= 11 is 3.54. The van der Waals surface area contributed by atoms with Gasteiger partial charge in [-0.1, -0.05) is 19.1 Å². The van der Waals surface area contributed by atoms with Crippen LogP contribution in [0.2, 0.25) is 0 Å². The lowest BCUT2D eigenvalue weighted by atomic mass is 10.1. The Balaban J connectivity index is 2.02. The average molecular weight is 278 g/mol. The van der Waals surface area contributed by atoms with Gasteiger partial charge in [0.15, 0.2) is 0 Å². The molecule has 18 heavy (non-hydrogen) atoms. The van der Waals surface area contributed by atoms with Crippen molar-refractivity contribution in [3.63, 3.8) is 0 Å². The van der Waals surface area contributed by atoms with E-state index >= 15 is 0 Å². The van der Waals surface area contributed by atoms with Crippen LogP contribution >= 0.6 is 23.1 Å². The van der Waals surface area contributed by atoms with Crippen molar-refractivity contribution >= 4 is 23.1 Å². The van der Waals surface area contributed by atoms with Gasteiger partial charge in [-0.25, -0.2) is 4.98 Å². The molecule has 4 heteroatoms. The molecule has 0 radical (unpaired) electrons. The molecule has 1 heterocycles. The summed E-state index contributed by atoms with van der Waals surface area (Å²) in [5.74, 6) is 1.10. The van der Waals surface area contributed by atoms with Gasteiger partial charge in [-0.2, -0.15) is 0 Å². The maximum atomic E-state index is 6.22. The third-order valence-corrected chi connectivity index (χ3v) is 4.56. The van der Waals surface area contributed by atoms with Gasteiger partial charge in [0.05, 0.1) is 5.01 Å². The lowest BCUT2D eigenvalue weighted by Crippen LogP contribution is -2.13. The monoisotopic (exact) mass is 278 g/mol. The molecule has 0 aliphatic rings. The van der Waals surface area contributed by atoms with Gasteiger partial charge in [-0.3, -0.25) is 0 Å². The first kappa shape index (κ1) is 13.6. The number of benzene rings is 1. The Hall–Kier alpha value is -0.840. The van der Waals surface area contributed by atoms with Crippen LogP contribution < -0.4 is 5.73 Å². The summed E-state index contributed by atoms with van der Waals surface area (Å²) in [7, 11) is 0. The predicted octanol–water partition coefficient (Wildman–Crippen LogP) is 3.81. The van der Waals surface area contributed by atoms with Crippen LogP contribution in [-0.4, -0.2) is 10.7 Å². The Labute approximate surface area is 117 Å². The number of nitrogens with two attached hydrogens (primary N) is 1. The highest BCUT2D eigenvalue weighted by molar-refractivity contribution is 7.99. The first-order chi connectivity index (χ1) is 8.69. The molecule has 0 bridgehead atoms. The van der Waals surface area contributed by atoms with Crippen LogP contribution in [-0.2, 0) is 6.42 Å². The van der Waals surface area contributed by atoms with E-state index in [1.165, 1.54) is 10.5 Å². The Morgan fingerprint density at radius 3 is 2.61 bits per heavy atom. The fraction of sp³-hybridized carbons (Fsp3) is 0.357. The molecule has 2 nitrogen and oxygen atoms in total. The van der Waals surface area contributed by atoms with Crippen LogP contribution in [0.4, 0.5) is 0 Å². The fourth-order valence-corrected chi connectivity index (χ4v) is 3.27. The maximum Gasteiger partial charge on any atom is 0.0947 e. The lowest BCUT2D eigenvalue weighted by Gasteiger charge is -2.10. The van der Waals surface area contributed by atoms with E-state index in [1.54, 1.807) is 11.3 Å². The molecule has 0 aliphatic heterocycles. The number of hydrogen-bond donors (Lipinski definition) is 1. The largest absolute Gasteiger partial charge is 0.324 e. The molecule has 0 saturated heterocycles. The fourth-order valence-electron chi connectivity index (χ4n) is 1.78. The van der Waals surface area contributed by atoms with Crippen molar-refractivity contribution in [2.24, 2.45) is 5.73 Å². The van der Waals surface area contributed by atoms with Crippen molar-refractivity contribution in [1.29, 1.82) is 0 Å². The van der Waals surface area contributed by atoms with E-state index < -0.39 is 0 Å². The smallest absolute Gasteiger partial charge is 0.0947 e. The molecule has 0 aliphatic carbocycles. The normalized spacial score (nSPS) is 12.6. The Bertz CT molecular complexity index is 491. The summed E-state index contributed by atoms with van der Waals surface area (Å²) in [5, 5.41) is 3.19. The summed E-state index contributed by atoms with van der Waals surface area (Å²) in [4.78, 5) is 5.76. The highest BCUT2D eigenvalue weighted by Crippen LogP contribution is 2.22. The van der Waals surface area contributed by atoms with Crippen LogP contribution in [0.5, 0.6) is 0 Å². The number of thiazole rings is 1. The minimum atomic E-state index is 0.0382. The van der Waals surface area contributed by atoms with Crippen molar-refractivity contribution in [2.45, 2.75) is 31.2 Å². The van der Waals surface area contributed by atoms with Crippen molar-refractivity contribution in [1.82, 2.24) is 4.98 Å². The highest BCUT2D eigenvalue weighted by atomic mass is 32.2. The van der Waals surface area contributed by atoms with E-state index in [0.29, 0.717) is 0 Å². The molecule has 1 aromatic heterocycles. The van der Waals surface area contributed by atoms with Crippen molar-refractivity contribution in [2.75, 3.05) is 5.75 Å². The van der Waals surface area contributed by atoms with Crippen molar-refractivity contribution in [3.8, 4) is 0 Å². The van der Waals surface area contributed by atoms with Crippen LogP contribution in [0.15, 0.2) is 34.5 Å². The molecule has 2 aromatic rings. The van der Waals surface area contributed by atoms with E-state index in [1.807, 2.05) is 18.7 Å². The van der Waals surface area contributed by atoms with E-state index in [2.05, 4.69) is 41.6 Å². The third-order valence-electron chi connectivity index (χ3n) is 2.68. The quantitative estimate of drug-likeness (QED) is 0.845. The molecule has 2 N–H and O–H groups in total. The van der Waals surface area contributed by atoms with E-state index in [0.717, 1.165) is 22.9 Å². The molecule has 0 fully saturated rings. The third kappa shape index (κ3) is 3.57. The molecule has 1 aromatic carbocycles. The van der Waals surface area contributed by atoms with Gasteiger partial charge in [0.1, 0.15) is 0 Å². The molecule has 96 valence electrons. The second-order valence-corrected chi connectivity index (χ2v) is 6.48. The zero-order valence-electron chi connectivity index (χ0n) is 10.7. The number of aryl methyl sites for hydroxylation is 1. The Kier molecular flexibility index (Phi) is 4.80. The molecular weight excluding hydrogens is 260 g/mol. The Morgan fingerprint density at radius 2 is 2.06 bits per heavy atom. The molecule has 1 atom stereocenters. The minimum Gasteiger partial charge on any atom is -0.324 e. The van der Waals surface area contributed by atoms with Crippen molar-refractivity contribution in [3.05, 3.63) is 45.9 Å². The number of hydrogen-bond acceptors (Lipinski definition) is 4. The maximum absolute atomic E-state index is 6.22. The van der Waals surface area contributed by atoms with E-state index in [-0.39, 0.29) is 6.04 Å². The summed E-state index contributed by atoms with van der Waals surface area (Å²) in [6.07, 6.45) is 0.818. The van der Waals surface area contributed by atoms with Crippen LogP contribution in [0.3, 0.4) is 0 Å². The zero-order chi connectivity index (χ0) is 13.0. The van der Waals surface area contributed by atoms with Gasteiger partial charge < -0.3 is 5.73 Å². The van der Waals surface area contributed by atoms with Gasteiger partial charge in [0.2, 0.25) is 0 Å². The number of nitrogens with zero attached hydrogens (tertiary/aromatic N) is 1. The lowest BCUT2D eigenvalue weighted by molar-refractivity contribution is 0.716. The number of rotatable bonds is 5. The summed E-state index contributed by atoms with van der Waals surface area (Å²) < 4.78 is 0. The zero-order valence-corrected chi connectivity index (χ0v) is 12.4. The first-order valence-corrected chi connectivity index (χ1v) is 7.95. The van der Waals surface area contributed by atoms with Gasteiger partial charge in [-0.05, 0) is 30.4 Å². The van der Waals surface area contributed by atoms with E-state index in [9.17, 15) is 0 Å². The van der Waals surface area contributed by atoms with Gasteiger partial charge in [0, 0.05) is 28.4 Å². The number of thioether (sulfide) groups is 1. The van der Waals surface area contributed by atoms with Gasteiger partial charge >= 0.3 is 0 Å². The van der Waals surface area contributed by atoms with Crippen LogP contribution in [0.1, 0.15) is 29.2 Å². The summed E-state index contributed by atoms with van der Waals surface area (Å²) in [6, 6.07) is 8.59. The van der Waals surface area contributed by atoms with Gasteiger partial charge in [0.25, 0.3) is 0 Å².